The van der Waals surface area contributed by atoms with E-state index in [1.54, 1.807) is 18.7 Å². The summed E-state index contributed by atoms with van der Waals surface area (Å²) in [4.78, 5) is 17.9. The summed E-state index contributed by atoms with van der Waals surface area (Å²) in [7, 11) is 0. The summed E-state index contributed by atoms with van der Waals surface area (Å²) in [6.45, 7) is 2.19. The number of rotatable bonds is 8. The van der Waals surface area contributed by atoms with Crippen LogP contribution in [0.3, 0.4) is 0 Å². The van der Waals surface area contributed by atoms with Crippen molar-refractivity contribution < 1.29 is 4.92 Å². The predicted molar refractivity (Wildman–Crippen MR) is 88.2 cm³/mol. The van der Waals surface area contributed by atoms with E-state index in [9.17, 15) is 10.1 Å². The lowest BCUT2D eigenvalue weighted by Gasteiger charge is -2.04. The molecule has 0 aliphatic rings. The Kier molecular flexibility index (Phi) is 7.25. The topological polar surface area (TPSA) is 145 Å². The van der Waals surface area contributed by atoms with Crippen LogP contribution in [0.4, 0.5) is 5.13 Å². The number of nitrogens with zero attached hydrogens (tertiary/aromatic N) is 4. The molecule has 0 bridgehead atoms. The molecule has 0 aliphatic carbocycles. The molecule has 1 heterocycles. The van der Waals surface area contributed by atoms with Gasteiger partial charge in [-0.1, -0.05) is 12.6 Å². The molecule has 0 amide bonds. The van der Waals surface area contributed by atoms with Gasteiger partial charge in [-0.3, -0.25) is 10.1 Å². The Morgan fingerprint density at radius 3 is 2.95 bits per heavy atom. The summed E-state index contributed by atoms with van der Waals surface area (Å²) in [5, 5.41) is 13.7. The number of guanidine groups is 1. The molecular formula is C9H15N7O2S3. The van der Waals surface area contributed by atoms with Gasteiger partial charge >= 0.3 is 5.03 Å². The third-order valence-electron chi connectivity index (χ3n) is 2.06. The van der Waals surface area contributed by atoms with Crippen molar-refractivity contribution in [3.05, 3.63) is 26.7 Å². The van der Waals surface area contributed by atoms with Crippen molar-refractivity contribution >= 4 is 47.0 Å². The second-order valence-corrected chi connectivity index (χ2v) is 5.97. The molecule has 1 rings (SSSR count). The Morgan fingerprint density at radius 1 is 1.62 bits per heavy atom. The number of nitrogens with one attached hydrogen (secondary N) is 1. The quantitative estimate of drug-likeness (QED) is 0.134. The molecule has 12 heteroatoms. The van der Waals surface area contributed by atoms with E-state index < -0.39 is 4.92 Å². The van der Waals surface area contributed by atoms with Gasteiger partial charge in [0.25, 0.3) is 0 Å². The highest BCUT2D eigenvalue weighted by atomic mass is 32.2. The van der Waals surface area contributed by atoms with Crippen LogP contribution in [-0.4, -0.2) is 32.5 Å². The van der Waals surface area contributed by atoms with Crippen molar-refractivity contribution in [2.24, 2.45) is 16.5 Å². The molecule has 0 fully saturated rings. The molecule has 0 saturated heterocycles. The smallest absolute Gasteiger partial charge is 0.318 e. The summed E-state index contributed by atoms with van der Waals surface area (Å²) >= 11 is 6.51. The van der Waals surface area contributed by atoms with Gasteiger partial charge in [-0.15, -0.1) is 0 Å². The summed E-state index contributed by atoms with van der Waals surface area (Å²) in [5.41, 5.74) is 10.9. The normalized spacial score (nSPS) is 11.7. The van der Waals surface area contributed by atoms with Crippen LogP contribution >= 0.6 is 35.9 Å². The van der Waals surface area contributed by atoms with Crippen molar-refractivity contribution in [1.29, 1.82) is 0 Å². The standard InChI is InChI=1S/C9H15N7O2S3/c1-5(7(19)16(17)18)12-2-3-20-4-6-13-9(21-15-6)14-8(10)11/h12,19H,2-4H2,1H3,(H4,10,11,13,14,15). The summed E-state index contributed by atoms with van der Waals surface area (Å²) < 4.78 is 4.11. The highest BCUT2D eigenvalue weighted by Gasteiger charge is 2.09. The van der Waals surface area contributed by atoms with Crippen molar-refractivity contribution in [3.8, 4) is 0 Å². The molecule has 5 N–H and O–H groups in total. The van der Waals surface area contributed by atoms with Crippen LogP contribution < -0.4 is 16.8 Å². The van der Waals surface area contributed by atoms with E-state index in [0.29, 0.717) is 29.0 Å². The van der Waals surface area contributed by atoms with E-state index in [-0.39, 0.29) is 11.0 Å². The lowest BCUT2D eigenvalue weighted by Crippen LogP contribution is -2.21. The van der Waals surface area contributed by atoms with Gasteiger partial charge in [0.05, 0.1) is 16.4 Å². The maximum Gasteiger partial charge on any atom is 0.318 e. The Hall–Kier alpha value is -1.53. The zero-order valence-corrected chi connectivity index (χ0v) is 13.7. The lowest BCUT2D eigenvalue weighted by atomic mass is 10.5. The zero-order valence-electron chi connectivity index (χ0n) is 11.1. The Labute approximate surface area is 135 Å². The molecule has 0 radical (unpaired) electrons. The Balaban J connectivity index is 2.29. The number of thiol groups is 1. The van der Waals surface area contributed by atoms with Crippen LogP contribution in [0.1, 0.15) is 12.7 Å². The van der Waals surface area contributed by atoms with Gasteiger partial charge < -0.3 is 16.8 Å². The number of hydrogen-bond donors (Lipinski definition) is 4. The number of allylic oxidation sites excluding steroid dienone is 1. The first-order chi connectivity index (χ1) is 9.90. The van der Waals surface area contributed by atoms with Crippen LogP contribution in [0.15, 0.2) is 15.7 Å². The zero-order chi connectivity index (χ0) is 15.8. The molecule has 1 aromatic rings. The second-order valence-electron chi connectivity index (χ2n) is 3.71. The number of aromatic nitrogens is 2. The molecule has 0 aliphatic heterocycles. The van der Waals surface area contributed by atoms with Gasteiger partial charge in [0.2, 0.25) is 5.13 Å². The van der Waals surface area contributed by atoms with Gasteiger partial charge in [0.15, 0.2) is 11.8 Å². The first kappa shape index (κ1) is 17.5. The van der Waals surface area contributed by atoms with E-state index in [4.69, 9.17) is 11.5 Å². The third-order valence-corrected chi connectivity index (χ3v) is 4.16. The van der Waals surface area contributed by atoms with Crippen LogP contribution in [0.2, 0.25) is 0 Å². The molecule has 0 spiro atoms. The van der Waals surface area contributed by atoms with E-state index in [1.807, 2.05) is 0 Å². The maximum absolute atomic E-state index is 10.5. The number of hydrogen-bond acceptors (Lipinski definition) is 9. The number of aliphatic imine (C=N–C) groups is 1. The first-order valence-corrected chi connectivity index (χ1v) is 8.05. The number of nitrogens with two attached hydrogens (primary N) is 2. The highest BCUT2D eigenvalue weighted by molar-refractivity contribution is 7.98. The van der Waals surface area contributed by atoms with Crippen molar-refractivity contribution in [2.75, 3.05) is 12.3 Å². The average Bonchev–Trinajstić information content (AvgIpc) is 2.83. The van der Waals surface area contributed by atoms with Gasteiger partial charge in [-0.05, 0) is 6.92 Å². The van der Waals surface area contributed by atoms with E-state index in [2.05, 4.69) is 32.3 Å². The average molecular weight is 349 g/mol. The molecule has 1 aromatic heterocycles. The molecule has 0 atom stereocenters. The minimum Gasteiger partial charge on any atom is -0.382 e. The van der Waals surface area contributed by atoms with Gasteiger partial charge in [0.1, 0.15) is 0 Å². The predicted octanol–water partition coefficient (Wildman–Crippen LogP) is 0.661. The van der Waals surface area contributed by atoms with Crippen LogP contribution in [0.25, 0.3) is 0 Å². The number of thioether (sulfide) groups is 1. The monoisotopic (exact) mass is 349 g/mol. The molecule has 9 nitrogen and oxygen atoms in total. The fraction of sp³-hybridized carbons (Fsp3) is 0.444. The lowest BCUT2D eigenvalue weighted by molar-refractivity contribution is -0.411. The second kappa shape index (κ2) is 8.69. The third kappa shape index (κ3) is 6.64. The highest BCUT2D eigenvalue weighted by Crippen LogP contribution is 2.17. The minimum absolute atomic E-state index is 0.0508. The Morgan fingerprint density at radius 2 is 2.33 bits per heavy atom. The Bertz CT molecular complexity index is 553. The van der Waals surface area contributed by atoms with Crippen molar-refractivity contribution in [1.82, 2.24) is 14.7 Å². The van der Waals surface area contributed by atoms with E-state index in [0.717, 1.165) is 17.3 Å². The van der Waals surface area contributed by atoms with Crippen molar-refractivity contribution in [3.63, 3.8) is 0 Å². The van der Waals surface area contributed by atoms with Crippen LogP contribution in [0, 0.1) is 10.1 Å². The molecule has 21 heavy (non-hydrogen) atoms. The minimum atomic E-state index is -0.539. The maximum atomic E-state index is 10.5. The van der Waals surface area contributed by atoms with Gasteiger partial charge in [0, 0.05) is 23.8 Å². The van der Waals surface area contributed by atoms with E-state index >= 15 is 0 Å². The van der Waals surface area contributed by atoms with Crippen LogP contribution in [-0.2, 0) is 5.75 Å². The molecule has 0 aromatic carbocycles. The summed E-state index contributed by atoms with van der Waals surface area (Å²) in [5.74, 6) is 1.96. The molecular weight excluding hydrogens is 334 g/mol. The molecule has 116 valence electrons. The molecule has 0 unspecified atom stereocenters. The number of nitro groups is 1. The first-order valence-electron chi connectivity index (χ1n) is 5.68. The SMILES string of the molecule is CC(NCCSCc1nsc(N=C(N)N)n1)=C(S)[N+](=O)[O-]. The fourth-order valence-electron chi connectivity index (χ4n) is 1.15. The largest absolute Gasteiger partial charge is 0.382 e. The fourth-order valence-corrected chi connectivity index (χ4v) is 2.60. The molecule has 0 saturated carbocycles. The van der Waals surface area contributed by atoms with Gasteiger partial charge in [-0.2, -0.15) is 21.1 Å². The van der Waals surface area contributed by atoms with Crippen LogP contribution in [0.5, 0.6) is 0 Å². The summed E-state index contributed by atoms with van der Waals surface area (Å²) in [6, 6.07) is 0. The van der Waals surface area contributed by atoms with Gasteiger partial charge in [-0.25, -0.2) is 4.98 Å². The van der Waals surface area contributed by atoms with Crippen molar-refractivity contribution in [2.45, 2.75) is 12.7 Å². The summed E-state index contributed by atoms with van der Waals surface area (Å²) in [6.07, 6.45) is 0. The van der Waals surface area contributed by atoms with E-state index in [1.165, 1.54) is 0 Å².